The van der Waals surface area contributed by atoms with Crippen molar-refractivity contribution >= 4 is 5.97 Å². The number of allylic oxidation sites excluding steroid dienone is 1. The predicted octanol–water partition coefficient (Wildman–Crippen LogP) is 5.03. The minimum Gasteiger partial charge on any atom is -0.481 e. The molecule has 4 heteroatoms. The molecule has 4 saturated carbocycles. The van der Waals surface area contributed by atoms with Gasteiger partial charge >= 0.3 is 5.97 Å². The fourth-order valence-corrected chi connectivity index (χ4v) is 9.00. The second kappa shape index (κ2) is 7.92. The van der Waals surface area contributed by atoms with Gasteiger partial charge in [0.1, 0.15) is 0 Å². The third kappa shape index (κ3) is 3.28. The summed E-state index contributed by atoms with van der Waals surface area (Å²) in [4.78, 5) is 11.1. The van der Waals surface area contributed by atoms with Crippen molar-refractivity contribution in [3.05, 3.63) is 11.6 Å². The summed E-state index contributed by atoms with van der Waals surface area (Å²) in [5, 5.41) is 31.2. The van der Waals surface area contributed by atoms with Gasteiger partial charge in [-0.1, -0.05) is 26.8 Å². The Balaban J connectivity index is 1.63. The molecule has 0 heterocycles. The van der Waals surface area contributed by atoms with E-state index < -0.39 is 5.97 Å². The fourth-order valence-electron chi connectivity index (χ4n) is 9.00. The highest BCUT2D eigenvalue weighted by Gasteiger charge is 2.63. The maximum Gasteiger partial charge on any atom is 0.303 e. The van der Waals surface area contributed by atoms with E-state index in [2.05, 4.69) is 33.8 Å². The second-order valence-electron chi connectivity index (χ2n) is 11.6. The zero-order valence-electron chi connectivity index (χ0n) is 19.3. The van der Waals surface area contributed by atoms with E-state index in [-0.39, 0.29) is 29.5 Å². The van der Waals surface area contributed by atoms with E-state index in [0.717, 1.165) is 38.5 Å². The van der Waals surface area contributed by atoms with Crippen LogP contribution in [0.1, 0.15) is 85.5 Å². The van der Waals surface area contributed by atoms with E-state index >= 15 is 0 Å². The van der Waals surface area contributed by atoms with Gasteiger partial charge < -0.3 is 15.3 Å². The van der Waals surface area contributed by atoms with Crippen molar-refractivity contribution in [1.82, 2.24) is 0 Å². The predicted molar refractivity (Wildman–Crippen MR) is 118 cm³/mol. The van der Waals surface area contributed by atoms with Crippen molar-refractivity contribution < 1.29 is 20.1 Å². The van der Waals surface area contributed by atoms with Gasteiger partial charge in [-0.3, -0.25) is 4.79 Å². The summed E-state index contributed by atoms with van der Waals surface area (Å²) in [6.07, 6.45) is 9.99. The van der Waals surface area contributed by atoms with Crippen molar-refractivity contribution in [1.29, 1.82) is 0 Å². The van der Waals surface area contributed by atoms with Crippen molar-refractivity contribution in [2.24, 2.45) is 46.3 Å². The number of hydrogen-bond donors (Lipinski definition) is 3. The molecule has 0 aromatic heterocycles. The summed E-state index contributed by atoms with van der Waals surface area (Å²) in [6, 6.07) is 0. The third-order valence-corrected chi connectivity index (χ3v) is 10.5. The number of carbonyl (C=O) groups is 1. The van der Waals surface area contributed by atoms with E-state index in [4.69, 9.17) is 5.11 Å². The van der Waals surface area contributed by atoms with Gasteiger partial charge in [-0.15, -0.1) is 0 Å². The molecule has 0 saturated heterocycles. The number of aliphatic hydroxyl groups excluding tert-OH is 2. The van der Waals surface area contributed by atoms with Crippen LogP contribution in [0.25, 0.3) is 0 Å². The molecule has 10 atom stereocenters. The SMILES string of the molecule is C/C=C1\C2C[C@H](O)CC[C@]2(C)C2CC[C@@]3(C)C(CC[C@@H]3[C@H](C)CCC(=O)O)C2[C@@H]1O. The Bertz CT molecular complexity index is 701. The first-order valence-corrected chi connectivity index (χ1v) is 12.4. The lowest BCUT2D eigenvalue weighted by atomic mass is 9.42. The van der Waals surface area contributed by atoms with Gasteiger partial charge in [-0.25, -0.2) is 0 Å². The minimum absolute atomic E-state index is 0.180. The van der Waals surface area contributed by atoms with Crippen LogP contribution in [-0.2, 0) is 4.79 Å². The van der Waals surface area contributed by atoms with E-state index in [1.54, 1.807) is 0 Å². The van der Waals surface area contributed by atoms with Crippen molar-refractivity contribution in [3.63, 3.8) is 0 Å². The van der Waals surface area contributed by atoms with Crippen LogP contribution in [0.3, 0.4) is 0 Å². The van der Waals surface area contributed by atoms with Gasteiger partial charge in [-0.2, -0.15) is 0 Å². The Kier molecular flexibility index (Phi) is 5.89. The molecule has 0 radical (unpaired) electrons. The maximum absolute atomic E-state index is 11.6. The van der Waals surface area contributed by atoms with Gasteiger partial charge in [0, 0.05) is 6.42 Å². The molecular formula is C26H42O4. The van der Waals surface area contributed by atoms with Crippen molar-refractivity contribution in [2.45, 2.75) is 97.7 Å². The van der Waals surface area contributed by atoms with Crippen molar-refractivity contribution in [2.75, 3.05) is 0 Å². The Morgan fingerprint density at radius 1 is 1.10 bits per heavy atom. The summed E-state index contributed by atoms with van der Waals surface area (Å²) >= 11 is 0. The quantitative estimate of drug-likeness (QED) is 0.559. The number of aliphatic hydroxyl groups is 2. The van der Waals surface area contributed by atoms with Gasteiger partial charge in [0.15, 0.2) is 0 Å². The first-order chi connectivity index (χ1) is 14.1. The molecule has 4 aliphatic rings. The molecule has 170 valence electrons. The minimum atomic E-state index is -0.691. The number of rotatable bonds is 4. The Labute approximate surface area is 182 Å². The molecule has 3 N–H and O–H groups in total. The molecule has 4 rings (SSSR count). The molecule has 4 unspecified atom stereocenters. The van der Waals surface area contributed by atoms with Crippen molar-refractivity contribution in [3.8, 4) is 0 Å². The molecule has 0 amide bonds. The highest BCUT2D eigenvalue weighted by atomic mass is 16.4. The fraction of sp³-hybridized carbons (Fsp3) is 0.885. The molecule has 4 nitrogen and oxygen atoms in total. The highest BCUT2D eigenvalue weighted by molar-refractivity contribution is 5.66. The van der Waals surface area contributed by atoms with Gasteiger partial charge in [0.2, 0.25) is 0 Å². The average Bonchev–Trinajstić information content (AvgIpc) is 3.05. The lowest BCUT2D eigenvalue weighted by molar-refractivity contribution is -0.147. The molecule has 4 aliphatic carbocycles. The first kappa shape index (κ1) is 22.3. The number of aliphatic carboxylic acids is 1. The first-order valence-electron chi connectivity index (χ1n) is 12.4. The van der Waals surface area contributed by atoms with Gasteiger partial charge in [0.25, 0.3) is 0 Å². The monoisotopic (exact) mass is 418 g/mol. The average molecular weight is 419 g/mol. The van der Waals surface area contributed by atoms with Crippen LogP contribution in [0.2, 0.25) is 0 Å². The smallest absolute Gasteiger partial charge is 0.303 e. The Morgan fingerprint density at radius 3 is 2.43 bits per heavy atom. The molecule has 0 aliphatic heterocycles. The lowest BCUT2D eigenvalue weighted by Gasteiger charge is -2.63. The molecule has 0 aromatic rings. The summed E-state index contributed by atoms with van der Waals surface area (Å²) < 4.78 is 0. The molecule has 4 fully saturated rings. The number of carboxylic acids is 1. The number of hydrogen-bond acceptors (Lipinski definition) is 3. The van der Waals surface area contributed by atoms with E-state index in [1.165, 1.54) is 18.4 Å². The van der Waals surface area contributed by atoms with Crippen LogP contribution in [0.4, 0.5) is 0 Å². The van der Waals surface area contributed by atoms with Crippen LogP contribution in [-0.4, -0.2) is 33.5 Å². The molecule has 0 spiro atoms. The summed E-state index contributed by atoms with van der Waals surface area (Å²) in [5.74, 6) is 1.94. The summed E-state index contributed by atoms with van der Waals surface area (Å²) in [7, 11) is 0. The van der Waals surface area contributed by atoms with E-state index in [0.29, 0.717) is 35.5 Å². The van der Waals surface area contributed by atoms with Gasteiger partial charge in [0.05, 0.1) is 12.2 Å². The van der Waals surface area contributed by atoms with Crippen LogP contribution >= 0.6 is 0 Å². The zero-order chi connectivity index (χ0) is 21.8. The zero-order valence-corrected chi connectivity index (χ0v) is 19.3. The van der Waals surface area contributed by atoms with Crippen LogP contribution in [0.5, 0.6) is 0 Å². The maximum atomic E-state index is 11.6. The highest BCUT2D eigenvalue weighted by Crippen LogP contribution is 2.69. The molecular weight excluding hydrogens is 376 g/mol. The standard InChI is InChI=1S/C26H42O4/c1-5-17-21-14-16(27)10-12-26(21,4)20-11-13-25(3)18(15(2)6-9-22(28)29)7-8-19(25)23(20)24(17)30/h5,15-16,18-21,23-24,27,30H,6-14H2,1-4H3,(H,28,29)/b17-5+/t15-,16-,18-,19?,20?,21?,23?,24-,25-,26-/m1/s1. The second-order valence-corrected chi connectivity index (χ2v) is 11.6. The number of carboxylic acid groups (broad SMARTS) is 1. The van der Waals surface area contributed by atoms with Crippen LogP contribution in [0, 0.1) is 46.3 Å². The normalized spacial score (nSPS) is 50.5. The Morgan fingerprint density at radius 2 is 1.77 bits per heavy atom. The summed E-state index contributed by atoms with van der Waals surface area (Å²) in [5.41, 5.74) is 1.57. The van der Waals surface area contributed by atoms with E-state index in [1.807, 2.05) is 0 Å². The van der Waals surface area contributed by atoms with Gasteiger partial charge in [-0.05, 0) is 110 Å². The lowest BCUT2D eigenvalue weighted by Crippen LogP contribution is -2.59. The number of fused-ring (bicyclic) bond motifs is 5. The molecule has 0 aromatic carbocycles. The van der Waals surface area contributed by atoms with Crippen LogP contribution in [0.15, 0.2) is 11.6 Å². The summed E-state index contributed by atoms with van der Waals surface area (Å²) in [6.45, 7) is 9.21. The Hall–Kier alpha value is -0.870. The largest absolute Gasteiger partial charge is 0.481 e. The molecule has 0 bridgehead atoms. The van der Waals surface area contributed by atoms with E-state index in [9.17, 15) is 15.0 Å². The topological polar surface area (TPSA) is 77.8 Å². The third-order valence-electron chi connectivity index (χ3n) is 10.5. The van der Waals surface area contributed by atoms with Crippen LogP contribution < -0.4 is 0 Å². The molecule has 30 heavy (non-hydrogen) atoms.